The molecule has 0 spiro atoms. The van der Waals surface area contributed by atoms with Gasteiger partial charge in [-0.2, -0.15) is 5.26 Å². The Morgan fingerprint density at radius 2 is 1.88 bits per heavy atom. The van der Waals surface area contributed by atoms with Crippen LogP contribution in [0.3, 0.4) is 0 Å². The van der Waals surface area contributed by atoms with Crippen LogP contribution < -0.4 is 15.1 Å². The maximum absolute atomic E-state index is 11.9. The van der Waals surface area contributed by atoms with E-state index in [2.05, 4.69) is 6.07 Å². The minimum atomic E-state index is -0.408. The summed E-state index contributed by atoms with van der Waals surface area (Å²) < 4.78 is 16.8. The van der Waals surface area contributed by atoms with Gasteiger partial charge < -0.3 is 13.9 Å². The SMILES string of the molecule is CCOc1cc(C#N)ccc1OCc1cc(=O)oc2c(C)c(C)ccc12. The normalized spacial score (nSPS) is 10.5. The van der Waals surface area contributed by atoms with Gasteiger partial charge in [-0.1, -0.05) is 12.1 Å². The van der Waals surface area contributed by atoms with Crippen LogP contribution in [-0.4, -0.2) is 6.61 Å². The standard InChI is InChI=1S/C21H19NO4/c1-4-24-19-9-15(11-22)6-8-18(19)25-12-16-10-20(23)26-21-14(3)13(2)5-7-17(16)21/h5-10H,4,12H2,1-3H3. The highest BCUT2D eigenvalue weighted by molar-refractivity contribution is 5.83. The molecule has 0 unspecified atom stereocenters. The molecule has 3 rings (SSSR count). The summed E-state index contributed by atoms with van der Waals surface area (Å²) in [4.78, 5) is 11.9. The summed E-state index contributed by atoms with van der Waals surface area (Å²) in [5.74, 6) is 1.03. The van der Waals surface area contributed by atoms with E-state index in [1.165, 1.54) is 6.07 Å². The monoisotopic (exact) mass is 349 g/mol. The second-order valence-electron chi connectivity index (χ2n) is 5.97. The Morgan fingerprint density at radius 1 is 1.08 bits per heavy atom. The molecule has 1 heterocycles. The first-order chi connectivity index (χ1) is 12.5. The Hall–Kier alpha value is -3.26. The van der Waals surface area contributed by atoms with Crippen molar-refractivity contribution >= 4 is 11.0 Å². The predicted octanol–water partition coefficient (Wildman–Crippen LogP) is 4.26. The first-order valence-electron chi connectivity index (χ1n) is 8.36. The van der Waals surface area contributed by atoms with Gasteiger partial charge in [0.2, 0.25) is 0 Å². The number of hydrogen-bond donors (Lipinski definition) is 0. The van der Waals surface area contributed by atoms with E-state index in [9.17, 15) is 4.79 Å². The van der Waals surface area contributed by atoms with Crippen molar-refractivity contribution in [3.63, 3.8) is 0 Å². The third kappa shape index (κ3) is 3.40. The van der Waals surface area contributed by atoms with Crippen LogP contribution in [0, 0.1) is 25.2 Å². The molecular formula is C21H19NO4. The number of benzene rings is 2. The number of aryl methyl sites for hydroxylation is 2. The zero-order valence-corrected chi connectivity index (χ0v) is 15.0. The third-order valence-corrected chi connectivity index (χ3v) is 4.27. The van der Waals surface area contributed by atoms with Gasteiger partial charge in [0.25, 0.3) is 0 Å². The van der Waals surface area contributed by atoms with Gasteiger partial charge in [0, 0.05) is 23.1 Å². The van der Waals surface area contributed by atoms with Gasteiger partial charge in [-0.3, -0.25) is 0 Å². The first kappa shape index (κ1) is 17.6. The Balaban J connectivity index is 1.97. The van der Waals surface area contributed by atoms with E-state index in [0.717, 1.165) is 22.1 Å². The lowest BCUT2D eigenvalue weighted by Crippen LogP contribution is -2.06. The molecule has 0 aliphatic carbocycles. The predicted molar refractivity (Wildman–Crippen MR) is 98.6 cm³/mol. The van der Waals surface area contributed by atoms with Crippen molar-refractivity contribution in [2.75, 3.05) is 6.61 Å². The van der Waals surface area contributed by atoms with Gasteiger partial charge in [-0.15, -0.1) is 0 Å². The minimum Gasteiger partial charge on any atom is -0.490 e. The van der Waals surface area contributed by atoms with E-state index in [0.29, 0.717) is 29.3 Å². The molecule has 0 radical (unpaired) electrons. The van der Waals surface area contributed by atoms with Gasteiger partial charge in [0.05, 0.1) is 18.2 Å². The summed E-state index contributed by atoms with van der Waals surface area (Å²) in [7, 11) is 0. The highest BCUT2D eigenvalue weighted by Gasteiger charge is 2.12. The summed E-state index contributed by atoms with van der Waals surface area (Å²) in [5.41, 5.74) is 3.42. The summed E-state index contributed by atoms with van der Waals surface area (Å²) in [6, 6.07) is 12.5. The highest BCUT2D eigenvalue weighted by Crippen LogP contribution is 2.30. The molecule has 132 valence electrons. The van der Waals surface area contributed by atoms with E-state index in [-0.39, 0.29) is 6.61 Å². The molecule has 5 nitrogen and oxygen atoms in total. The Bertz CT molecular complexity index is 1060. The number of nitriles is 1. The van der Waals surface area contributed by atoms with Crippen LogP contribution in [0.5, 0.6) is 11.5 Å². The van der Waals surface area contributed by atoms with Gasteiger partial charge in [0.1, 0.15) is 12.2 Å². The van der Waals surface area contributed by atoms with Gasteiger partial charge in [-0.05, 0) is 44.0 Å². The molecule has 0 aliphatic rings. The molecule has 0 fully saturated rings. The average molecular weight is 349 g/mol. The Morgan fingerprint density at radius 3 is 2.62 bits per heavy atom. The summed E-state index contributed by atoms with van der Waals surface area (Å²) in [6.07, 6.45) is 0. The molecule has 0 N–H and O–H groups in total. The molecule has 0 saturated carbocycles. The van der Waals surface area contributed by atoms with Crippen molar-refractivity contribution in [3.05, 3.63) is 69.1 Å². The van der Waals surface area contributed by atoms with Crippen LogP contribution >= 0.6 is 0 Å². The molecule has 0 aliphatic heterocycles. The van der Waals surface area contributed by atoms with Crippen molar-refractivity contribution in [2.45, 2.75) is 27.4 Å². The molecule has 5 heteroatoms. The summed E-state index contributed by atoms with van der Waals surface area (Å²) in [5, 5.41) is 9.88. The van der Waals surface area contributed by atoms with Crippen LogP contribution in [0.15, 0.2) is 45.6 Å². The van der Waals surface area contributed by atoms with E-state index < -0.39 is 5.63 Å². The van der Waals surface area contributed by atoms with E-state index in [1.807, 2.05) is 32.9 Å². The Labute approximate surface area is 151 Å². The van der Waals surface area contributed by atoms with Crippen LogP contribution in [-0.2, 0) is 6.61 Å². The number of hydrogen-bond acceptors (Lipinski definition) is 5. The summed E-state index contributed by atoms with van der Waals surface area (Å²) >= 11 is 0. The number of ether oxygens (including phenoxy) is 2. The fraction of sp³-hybridized carbons (Fsp3) is 0.238. The Kier molecular flexibility index (Phi) is 4.94. The van der Waals surface area contributed by atoms with Crippen molar-refractivity contribution in [3.8, 4) is 17.6 Å². The zero-order valence-electron chi connectivity index (χ0n) is 15.0. The highest BCUT2D eigenvalue weighted by atomic mass is 16.5. The average Bonchev–Trinajstić information content (AvgIpc) is 2.64. The molecule has 2 aromatic carbocycles. The molecule has 0 amide bonds. The summed E-state index contributed by atoms with van der Waals surface area (Å²) in [6.45, 7) is 6.42. The quantitative estimate of drug-likeness (QED) is 0.644. The van der Waals surface area contributed by atoms with E-state index >= 15 is 0 Å². The fourth-order valence-electron chi connectivity index (χ4n) is 2.76. The number of rotatable bonds is 5. The first-order valence-corrected chi connectivity index (χ1v) is 8.36. The van der Waals surface area contributed by atoms with Gasteiger partial charge >= 0.3 is 5.63 Å². The molecule has 26 heavy (non-hydrogen) atoms. The third-order valence-electron chi connectivity index (χ3n) is 4.27. The van der Waals surface area contributed by atoms with Crippen LogP contribution in [0.4, 0.5) is 0 Å². The second-order valence-corrected chi connectivity index (χ2v) is 5.97. The minimum absolute atomic E-state index is 0.191. The lowest BCUT2D eigenvalue weighted by Gasteiger charge is -2.13. The molecular weight excluding hydrogens is 330 g/mol. The van der Waals surface area contributed by atoms with E-state index in [1.54, 1.807) is 18.2 Å². The van der Waals surface area contributed by atoms with Crippen molar-refractivity contribution in [1.82, 2.24) is 0 Å². The maximum atomic E-state index is 11.9. The maximum Gasteiger partial charge on any atom is 0.336 e. The van der Waals surface area contributed by atoms with Crippen molar-refractivity contribution in [2.24, 2.45) is 0 Å². The number of nitrogens with zero attached hydrogens (tertiary/aromatic N) is 1. The zero-order chi connectivity index (χ0) is 18.7. The van der Waals surface area contributed by atoms with Crippen LogP contribution in [0.2, 0.25) is 0 Å². The lowest BCUT2D eigenvalue weighted by atomic mass is 10.0. The molecule has 0 atom stereocenters. The van der Waals surface area contributed by atoms with Crippen molar-refractivity contribution in [1.29, 1.82) is 5.26 Å². The largest absolute Gasteiger partial charge is 0.490 e. The van der Waals surface area contributed by atoms with Crippen molar-refractivity contribution < 1.29 is 13.9 Å². The van der Waals surface area contributed by atoms with Crippen LogP contribution in [0.1, 0.15) is 29.2 Å². The topological polar surface area (TPSA) is 72.5 Å². The van der Waals surface area contributed by atoms with Crippen LogP contribution in [0.25, 0.3) is 11.0 Å². The smallest absolute Gasteiger partial charge is 0.336 e. The van der Waals surface area contributed by atoms with Gasteiger partial charge in [0.15, 0.2) is 11.5 Å². The molecule has 0 saturated heterocycles. The number of fused-ring (bicyclic) bond motifs is 1. The lowest BCUT2D eigenvalue weighted by molar-refractivity contribution is 0.269. The molecule has 3 aromatic rings. The molecule has 0 bridgehead atoms. The van der Waals surface area contributed by atoms with E-state index in [4.69, 9.17) is 19.2 Å². The second kappa shape index (κ2) is 7.32. The fourth-order valence-corrected chi connectivity index (χ4v) is 2.76. The van der Waals surface area contributed by atoms with Gasteiger partial charge in [-0.25, -0.2) is 4.79 Å². The molecule has 1 aromatic heterocycles.